The minimum Gasteiger partial charge on any atom is -0.497 e. The first kappa shape index (κ1) is 14.9. The molecule has 2 aliphatic rings. The summed E-state index contributed by atoms with van der Waals surface area (Å²) in [6.45, 7) is 3.00. The molecular formula is C18H27NO2. The maximum absolute atomic E-state index is 10.9. The summed E-state index contributed by atoms with van der Waals surface area (Å²) in [4.78, 5) is 2.46. The second-order valence-electron chi connectivity index (χ2n) is 6.71. The van der Waals surface area contributed by atoms with Crippen LogP contribution in [0.15, 0.2) is 24.3 Å². The maximum Gasteiger partial charge on any atom is 0.118 e. The third-order valence-electron chi connectivity index (χ3n) is 5.40. The highest BCUT2D eigenvalue weighted by Gasteiger charge is 2.40. The van der Waals surface area contributed by atoms with E-state index in [1.807, 2.05) is 12.1 Å². The maximum atomic E-state index is 10.9. The Kier molecular flexibility index (Phi) is 4.51. The second-order valence-corrected chi connectivity index (χ2v) is 6.71. The Morgan fingerprint density at radius 1 is 1.14 bits per heavy atom. The van der Waals surface area contributed by atoms with Crippen molar-refractivity contribution >= 4 is 0 Å². The summed E-state index contributed by atoms with van der Waals surface area (Å²) < 4.78 is 5.20. The van der Waals surface area contributed by atoms with Gasteiger partial charge in [-0.1, -0.05) is 25.0 Å². The Bertz CT molecular complexity index is 443. The molecule has 1 N–H and O–H groups in total. The summed E-state index contributed by atoms with van der Waals surface area (Å²) in [5.74, 6) is 1.47. The Balaban J connectivity index is 1.53. The van der Waals surface area contributed by atoms with Crippen LogP contribution < -0.4 is 4.74 Å². The van der Waals surface area contributed by atoms with E-state index in [0.717, 1.165) is 38.2 Å². The molecule has 1 aliphatic carbocycles. The molecule has 0 amide bonds. The van der Waals surface area contributed by atoms with E-state index >= 15 is 0 Å². The van der Waals surface area contributed by atoms with Crippen LogP contribution in [0.2, 0.25) is 0 Å². The van der Waals surface area contributed by atoms with Gasteiger partial charge >= 0.3 is 0 Å². The quantitative estimate of drug-likeness (QED) is 0.924. The first-order valence-electron chi connectivity index (χ1n) is 8.27. The number of piperidine rings is 1. The van der Waals surface area contributed by atoms with E-state index in [1.54, 1.807) is 7.11 Å². The number of likely N-dealkylation sites (tertiary alicyclic amines) is 1. The Hall–Kier alpha value is -1.06. The third-order valence-corrected chi connectivity index (χ3v) is 5.40. The molecule has 0 aromatic heterocycles. The van der Waals surface area contributed by atoms with Gasteiger partial charge < -0.3 is 9.84 Å². The van der Waals surface area contributed by atoms with Gasteiger partial charge in [0, 0.05) is 19.6 Å². The van der Waals surface area contributed by atoms with Gasteiger partial charge in [-0.3, -0.25) is 4.90 Å². The predicted molar refractivity (Wildman–Crippen MR) is 84.4 cm³/mol. The van der Waals surface area contributed by atoms with Gasteiger partial charge in [0.15, 0.2) is 0 Å². The van der Waals surface area contributed by atoms with Crippen molar-refractivity contribution in [1.82, 2.24) is 4.90 Å². The van der Waals surface area contributed by atoms with Crippen molar-refractivity contribution in [2.24, 2.45) is 5.92 Å². The number of hydrogen-bond donors (Lipinski definition) is 1. The molecule has 0 bridgehead atoms. The molecule has 1 aromatic rings. The smallest absolute Gasteiger partial charge is 0.118 e. The Morgan fingerprint density at radius 3 is 2.33 bits per heavy atom. The van der Waals surface area contributed by atoms with Crippen LogP contribution in [0.5, 0.6) is 5.75 Å². The number of nitrogens with zero attached hydrogens (tertiary/aromatic N) is 1. The molecule has 2 fully saturated rings. The molecule has 21 heavy (non-hydrogen) atoms. The number of benzene rings is 1. The highest BCUT2D eigenvalue weighted by atomic mass is 16.5. The minimum atomic E-state index is -0.382. The molecule has 116 valence electrons. The molecule has 1 heterocycles. The van der Waals surface area contributed by atoms with E-state index in [2.05, 4.69) is 17.0 Å². The highest BCUT2D eigenvalue weighted by molar-refractivity contribution is 5.27. The molecule has 0 radical (unpaired) electrons. The standard InChI is InChI=1S/C18H27NO2/c1-21-17-8-6-15(7-9-17)14-19-12-10-18(20,11-13-19)16-4-2-3-5-16/h6-9,16,20H,2-5,10-14H2,1H3. The van der Waals surface area contributed by atoms with Gasteiger partial charge in [0.05, 0.1) is 12.7 Å². The lowest BCUT2D eigenvalue weighted by atomic mass is 9.78. The van der Waals surface area contributed by atoms with E-state index in [-0.39, 0.29) is 5.60 Å². The van der Waals surface area contributed by atoms with E-state index in [0.29, 0.717) is 5.92 Å². The summed E-state index contributed by atoms with van der Waals surface area (Å²) >= 11 is 0. The lowest BCUT2D eigenvalue weighted by molar-refractivity contribution is -0.0665. The molecule has 3 heteroatoms. The molecule has 1 aliphatic heterocycles. The van der Waals surface area contributed by atoms with Gasteiger partial charge in [-0.05, 0) is 49.3 Å². The van der Waals surface area contributed by atoms with Gasteiger partial charge in [-0.15, -0.1) is 0 Å². The first-order chi connectivity index (χ1) is 10.2. The lowest BCUT2D eigenvalue weighted by Crippen LogP contribution is -2.47. The van der Waals surface area contributed by atoms with Crippen molar-refractivity contribution in [1.29, 1.82) is 0 Å². The largest absolute Gasteiger partial charge is 0.497 e. The molecule has 0 atom stereocenters. The first-order valence-corrected chi connectivity index (χ1v) is 8.27. The van der Waals surface area contributed by atoms with Gasteiger partial charge in [-0.2, -0.15) is 0 Å². The fourth-order valence-corrected chi connectivity index (χ4v) is 3.96. The van der Waals surface area contributed by atoms with Gasteiger partial charge in [0.25, 0.3) is 0 Å². The third kappa shape index (κ3) is 3.41. The average Bonchev–Trinajstić information content (AvgIpc) is 3.06. The zero-order valence-corrected chi connectivity index (χ0v) is 13.1. The highest BCUT2D eigenvalue weighted by Crippen LogP contribution is 2.40. The predicted octanol–water partition coefficient (Wildman–Crippen LogP) is 3.21. The molecule has 0 unspecified atom stereocenters. The Labute approximate surface area is 127 Å². The lowest BCUT2D eigenvalue weighted by Gasteiger charge is -2.42. The van der Waals surface area contributed by atoms with Crippen molar-refractivity contribution in [2.45, 2.75) is 50.7 Å². The molecule has 0 spiro atoms. The van der Waals surface area contributed by atoms with E-state index in [4.69, 9.17) is 4.74 Å². The van der Waals surface area contributed by atoms with Crippen molar-refractivity contribution in [3.63, 3.8) is 0 Å². The fraction of sp³-hybridized carbons (Fsp3) is 0.667. The molecule has 1 aromatic carbocycles. The average molecular weight is 289 g/mol. The van der Waals surface area contributed by atoms with E-state index < -0.39 is 0 Å². The van der Waals surface area contributed by atoms with Crippen molar-refractivity contribution < 1.29 is 9.84 Å². The van der Waals surface area contributed by atoms with Gasteiger partial charge in [0.2, 0.25) is 0 Å². The van der Waals surface area contributed by atoms with Crippen LogP contribution in [-0.4, -0.2) is 35.8 Å². The van der Waals surface area contributed by atoms with Crippen LogP contribution in [0, 0.1) is 5.92 Å². The normalized spacial score (nSPS) is 23.3. The van der Waals surface area contributed by atoms with Gasteiger partial charge in [-0.25, -0.2) is 0 Å². The summed E-state index contributed by atoms with van der Waals surface area (Å²) in [7, 11) is 1.70. The number of rotatable bonds is 4. The second kappa shape index (κ2) is 6.37. The summed E-state index contributed by atoms with van der Waals surface area (Å²) in [6, 6.07) is 8.31. The van der Waals surface area contributed by atoms with Crippen molar-refractivity contribution in [3.05, 3.63) is 29.8 Å². The van der Waals surface area contributed by atoms with E-state index in [9.17, 15) is 5.11 Å². The monoisotopic (exact) mass is 289 g/mol. The zero-order valence-electron chi connectivity index (χ0n) is 13.1. The van der Waals surface area contributed by atoms with Crippen molar-refractivity contribution in [3.8, 4) is 5.75 Å². The molecule has 1 saturated carbocycles. The minimum absolute atomic E-state index is 0.382. The summed E-state index contributed by atoms with van der Waals surface area (Å²) in [5.41, 5.74) is 0.939. The molecule has 3 nitrogen and oxygen atoms in total. The van der Waals surface area contributed by atoms with Crippen molar-refractivity contribution in [2.75, 3.05) is 20.2 Å². The number of aliphatic hydroxyl groups is 1. The van der Waals surface area contributed by atoms with Gasteiger partial charge in [0.1, 0.15) is 5.75 Å². The number of ether oxygens (including phenoxy) is 1. The topological polar surface area (TPSA) is 32.7 Å². The van der Waals surface area contributed by atoms with Crippen LogP contribution in [0.25, 0.3) is 0 Å². The van der Waals surface area contributed by atoms with Crippen LogP contribution in [0.4, 0.5) is 0 Å². The van der Waals surface area contributed by atoms with E-state index in [1.165, 1.54) is 31.2 Å². The Morgan fingerprint density at radius 2 is 1.76 bits per heavy atom. The van der Waals surface area contributed by atoms with Crippen LogP contribution in [0.1, 0.15) is 44.1 Å². The SMILES string of the molecule is COc1ccc(CN2CCC(O)(C3CCCC3)CC2)cc1. The molecule has 1 saturated heterocycles. The molecule has 3 rings (SSSR count). The molecular weight excluding hydrogens is 262 g/mol. The van der Waals surface area contributed by atoms with Crippen LogP contribution in [-0.2, 0) is 6.54 Å². The summed E-state index contributed by atoms with van der Waals surface area (Å²) in [6.07, 6.45) is 6.96. The number of methoxy groups -OCH3 is 1. The zero-order chi connectivity index (χ0) is 14.7. The fourth-order valence-electron chi connectivity index (χ4n) is 3.96. The van der Waals surface area contributed by atoms with Crippen LogP contribution in [0.3, 0.4) is 0 Å². The number of hydrogen-bond acceptors (Lipinski definition) is 3. The van der Waals surface area contributed by atoms with Crippen LogP contribution >= 0.6 is 0 Å². The summed E-state index contributed by atoms with van der Waals surface area (Å²) in [5, 5.41) is 10.9.